The lowest BCUT2D eigenvalue weighted by Gasteiger charge is -2.31. The molecule has 4 nitrogen and oxygen atoms in total. The zero-order chi connectivity index (χ0) is 32.4. The van der Waals surface area contributed by atoms with Crippen molar-refractivity contribution in [1.82, 2.24) is 0 Å². The first kappa shape index (κ1) is 40.8. The van der Waals surface area contributed by atoms with Gasteiger partial charge in [-0.25, -0.2) is 0 Å². The van der Waals surface area contributed by atoms with Crippen LogP contribution in [0.5, 0.6) is 0 Å². The standard InChI is InChI=1S/2C7H12F3NS.2C7H15NS/c2*1-4-2-5(7(8,9)10)12-6(11)3-4;2*1-5-3-6(2)9-7(8)4-5/h2*4-6H,2-3,11H2,1H3;2*5-7H,3-4,8H2,1-2H3. The third-order valence-corrected chi connectivity index (χ3v) is 12.5. The Kier molecular flexibility index (Phi) is 18.3. The fourth-order valence-corrected chi connectivity index (χ4v) is 11.6. The second kappa shape index (κ2) is 18.8. The van der Waals surface area contributed by atoms with E-state index in [0.29, 0.717) is 23.6 Å². The van der Waals surface area contributed by atoms with Gasteiger partial charge in [0, 0.05) is 10.5 Å². The third kappa shape index (κ3) is 17.5. The largest absolute Gasteiger partial charge is 0.400 e. The van der Waals surface area contributed by atoms with Crippen LogP contribution in [0.1, 0.15) is 92.9 Å². The predicted octanol–water partition coefficient (Wildman–Crippen LogP) is 8.38. The Labute approximate surface area is 266 Å². The van der Waals surface area contributed by atoms with Crippen molar-refractivity contribution in [3.05, 3.63) is 0 Å². The molecule has 14 heteroatoms. The van der Waals surface area contributed by atoms with E-state index in [-0.39, 0.29) is 35.4 Å². The van der Waals surface area contributed by atoms with Gasteiger partial charge in [0.15, 0.2) is 0 Å². The molecule has 0 amide bonds. The number of thioether (sulfide) groups is 4. The summed E-state index contributed by atoms with van der Waals surface area (Å²) < 4.78 is 73.3. The Morgan fingerprint density at radius 3 is 0.833 bits per heavy atom. The molecule has 4 aliphatic rings. The van der Waals surface area contributed by atoms with E-state index < -0.39 is 22.9 Å². The molecular weight excluding hydrogens is 635 g/mol. The molecule has 0 aromatic heterocycles. The van der Waals surface area contributed by atoms with Crippen LogP contribution < -0.4 is 22.9 Å². The van der Waals surface area contributed by atoms with E-state index >= 15 is 0 Å². The average molecular weight is 689 g/mol. The van der Waals surface area contributed by atoms with Crippen LogP contribution in [0.4, 0.5) is 26.3 Å². The van der Waals surface area contributed by atoms with E-state index in [0.717, 1.165) is 45.9 Å². The minimum Gasteiger partial charge on any atom is -0.319 e. The number of alkyl halides is 6. The van der Waals surface area contributed by atoms with Gasteiger partial charge in [-0.1, -0.05) is 41.5 Å². The Morgan fingerprint density at radius 1 is 0.405 bits per heavy atom. The van der Waals surface area contributed by atoms with Gasteiger partial charge in [-0.3, -0.25) is 0 Å². The second-order valence-electron chi connectivity index (χ2n) is 12.7. The Balaban J connectivity index is 0.000000283. The zero-order valence-electron chi connectivity index (χ0n) is 25.8. The van der Waals surface area contributed by atoms with Crippen molar-refractivity contribution in [1.29, 1.82) is 0 Å². The van der Waals surface area contributed by atoms with Crippen LogP contribution >= 0.6 is 47.0 Å². The van der Waals surface area contributed by atoms with Gasteiger partial charge in [-0.15, -0.1) is 47.0 Å². The highest BCUT2D eigenvalue weighted by Crippen LogP contribution is 2.42. The Morgan fingerprint density at radius 2 is 0.643 bits per heavy atom. The van der Waals surface area contributed by atoms with Crippen molar-refractivity contribution in [2.75, 3.05) is 0 Å². The SMILES string of the molecule is CC1CC(C)SC(N)C1.CC1CC(C)SC(N)C1.CC1CC(N)SC(C(F)(F)F)C1.CC1CC(N)SC(C(F)(F)F)C1. The highest BCUT2D eigenvalue weighted by molar-refractivity contribution is 8.01. The molecule has 4 heterocycles. The van der Waals surface area contributed by atoms with Gasteiger partial charge in [0.1, 0.15) is 10.5 Å². The predicted molar refractivity (Wildman–Crippen MR) is 174 cm³/mol. The lowest BCUT2D eigenvalue weighted by Crippen LogP contribution is -2.37. The van der Waals surface area contributed by atoms with Gasteiger partial charge < -0.3 is 22.9 Å². The van der Waals surface area contributed by atoms with Gasteiger partial charge in [0.2, 0.25) is 0 Å². The normalized spacial score (nSPS) is 41.1. The molecule has 0 aromatic rings. The van der Waals surface area contributed by atoms with Crippen molar-refractivity contribution in [3.63, 3.8) is 0 Å². The van der Waals surface area contributed by atoms with Gasteiger partial charge in [-0.2, -0.15) is 26.3 Å². The Hall–Kier alpha value is 0.820. The van der Waals surface area contributed by atoms with Crippen LogP contribution in [-0.4, -0.2) is 54.8 Å². The van der Waals surface area contributed by atoms with E-state index in [4.69, 9.17) is 22.9 Å². The molecule has 252 valence electrons. The van der Waals surface area contributed by atoms with Crippen molar-refractivity contribution >= 4 is 47.0 Å². The van der Waals surface area contributed by atoms with E-state index in [1.807, 2.05) is 37.4 Å². The number of rotatable bonds is 0. The summed E-state index contributed by atoms with van der Waals surface area (Å²) in [5.41, 5.74) is 22.5. The maximum Gasteiger partial charge on any atom is 0.400 e. The molecule has 0 radical (unpaired) electrons. The van der Waals surface area contributed by atoms with Crippen LogP contribution in [0.2, 0.25) is 0 Å². The molecule has 12 unspecified atom stereocenters. The van der Waals surface area contributed by atoms with E-state index in [1.54, 1.807) is 0 Å². The van der Waals surface area contributed by atoms with Crippen LogP contribution in [-0.2, 0) is 0 Å². The minimum atomic E-state index is -4.09. The topological polar surface area (TPSA) is 104 Å². The summed E-state index contributed by atoms with van der Waals surface area (Å²) in [6.45, 7) is 12.7. The minimum absolute atomic E-state index is 0.0906. The summed E-state index contributed by atoms with van der Waals surface area (Å²) in [7, 11) is 0. The highest BCUT2D eigenvalue weighted by atomic mass is 32.2. The molecule has 0 spiro atoms. The van der Waals surface area contributed by atoms with Gasteiger partial charge >= 0.3 is 12.4 Å². The number of hydrogen-bond donors (Lipinski definition) is 4. The summed E-state index contributed by atoms with van der Waals surface area (Å²) >= 11 is 5.55. The number of halogens is 6. The molecule has 4 saturated heterocycles. The van der Waals surface area contributed by atoms with Gasteiger partial charge in [0.05, 0.1) is 21.5 Å². The third-order valence-electron chi connectivity index (χ3n) is 7.46. The van der Waals surface area contributed by atoms with Crippen molar-refractivity contribution in [3.8, 4) is 0 Å². The number of nitrogens with two attached hydrogens (primary N) is 4. The molecule has 4 aliphatic heterocycles. The molecule has 4 rings (SSSR count). The highest BCUT2D eigenvalue weighted by Gasteiger charge is 2.45. The quantitative estimate of drug-likeness (QED) is 0.188. The maximum absolute atomic E-state index is 12.2. The first-order chi connectivity index (χ1) is 19.1. The monoisotopic (exact) mass is 688 g/mol. The fraction of sp³-hybridized carbons (Fsp3) is 1.00. The van der Waals surface area contributed by atoms with Crippen LogP contribution in [0.15, 0.2) is 0 Å². The fourth-order valence-electron chi connectivity index (χ4n) is 5.72. The first-order valence-electron chi connectivity index (χ1n) is 14.9. The summed E-state index contributed by atoms with van der Waals surface area (Å²) in [6, 6.07) is 0. The summed E-state index contributed by atoms with van der Waals surface area (Å²) in [5, 5.41) is -0.826. The molecule has 0 aliphatic carbocycles. The maximum atomic E-state index is 12.2. The average Bonchev–Trinajstić information content (AvgIpc) is 2.76. The second-order valence-corrected chi connectivity index (χ2v) is 18.9. The van der Waals surface area contributed by atoms with Gasteiger partial charge in [0.25, 0.3) is 0 Å². The first-order valence-corrected chi connectivity index (χ1v) is 18.7. The van der Waals surface area contributed by atoms with Crippen molar-refractivity contribution in [2.24, 2.45) is 46.6 Å². The van der Waals surface area contributed by atoms with Crippen LogP contribution in [0.3, 0.4) is 0 Å². The summed E-state index contributed by atoms with van der Waals surface area (Å²) in [6.07, 6.45) is -1.27. The lowest BCUT2D eigenvalue weighted by molar-refractivity contribution is -0.133. The van der Waals surface area contributed by atoms with Crippen LogP contribution in [0.25, 0.3) is 0 Å². The molecule has 4 fully saturated rings. The Bertz CT molecular complexity index is 620. The molecule has 12 atom stereocenters. The van der Waals surface area contributed by atoms with E-state index in [9.17, 15) is 26.3 Å². The molecule has 8 N–H and O–H groups in total. The van der Waals surface area contributed by atoms with Crippen LogP contribution in [0, 0.1) is 23.7 Å². The van der Waals surface area contributed by atoms with Crippen molar-refractivity contribution in [2.45, 2.75) is 148 Å². The number of hydrogen-bond acceptors (Lipinski definition) is 8. The van der Waals surface area contributed by atoms with Crippen molar-refractivity contribution < 1.29 is 26.3 Å². The molecule has 0 saturated carbocycles. The molecule has 0 aromatic carbocycles. The zero-order valence-corrected chi connectivity index (χ0v) is 29.1. The smallest absolute Gasteiger partial charge is 0.319 e. The van der Waals surface area contributed by atoms with E-state index in [2.05, 4.69) is 27.7 Å². The molecular formula is C28H54F6N4S4. The molecule has 42 heavy (non-hydrogen) atoms. The van der Waals surface area contributed by atoms with Gasteiger partial charge in [-0.05, 0) is 75.0 Å². The molecule has 0 bridgehead atoms. The summed E-state index contributed by atoms with van der Waals surface area (Å²) in [5.74, 6) is 1.87. The lowest BCUT2D eigenvalue weighted by atomic mass is 10.0. The van der Waals surface area contributed by atoms with E-state index in [1.165, 1.54) is 25.7 Å². The summed E-state index contributed by atoms with van der Waals surface area (Å²) in [4.78, 5) is 0.